The number of nitrogens with one attached hydrogen (secondary N) is 1. The maximum absolute atomic E-state index is 12.7. The second-order valence-corrected chi connectivity index (χ2v) is 6.47. The first-order chi connectivity index (χ1) is 10.8. The van der Waals surface area contributed by atoms with Gasteiger partial charge in [-0.3, -0.25) is 0 Å². The van der Waals surface area contributed by atoms with Crippen LogP contribution in [0.5, 0.6) is 0 Å². The average molecular weight is 345 g/mol. The molecule has 3 atom stereocenters. The summed E-state index contributed by atoms with van der Waals surface area (Å²) in [5.74, 6) is -1.63. The summed E-state index contributed by atoms with van der Waals surface area (Å²) >= 11 is 5.04. The SMILES string of the molecule is COC(=O)[C@]1(OC)[C@H]2CCC[C@@]2(C(=O)OC(C)C)NN1C(N)=S. The molecule has 0 spiro atoms. The summed E-state index contributed by atoms with van der Waals surface area (Å²) in [5.41, 5.74) is 6.05. The van der Waals surface area contributed by atoms with Crippen molar-refractivity contribution in [1.82, 2.24) is 10.4 Å². The number of fused-ring (bicyclic) bond motifs is 1. The van der Waals surface area contributed by atoms with Crippen LogP contribution in [0.3, 0.4) is 0 Å². The molecule has 2 fully saturated rings. The molecule has 0 aromatic rings. The van der Waals surface area contributed by atoms with Gasteiger partial charge >= 0.3 is 11.9 Å². The monoisotopic (exact) mass is 345 g/mol. The van der Waals surface area contributed by atoms with Gasteiger partial charge in [0.15, 0.2) is 5.11 Å². The molecule has 1 saturated carbocycles. The number of carbonyl (C=O) groups is 2. The predicted octanol–water partition coefficient (Wildman–Crippen LogP) is 0.0564. The van der Waals surface area contributed by atoms with Crippen LogP contribution in [0.2, 0.25) is 0 Å². The number of nitrogens with two attached hydrogens (primary N) is 1. The number of thiocarbonyl (C=S) groups is 1. The number of hydrogen-bond donors (Lipinski definition) is 2. The second-order valence-electron chi connectivity index (χ2n) is 6.05. The molecule has 9 heteroatoms. The van der Waals surface area contributed by atoms with Crippen LogP contribution in [0, 0.1) is 5.92 Å². The maximum atomic E-state index is 12.7. The second kappa shape index (κ2) is 6.21. The van der Waals surface area contributed by atoms with Gasteiger partial charge in [0.2, 0.25) is 0 Å². The molecule has 0 radical (unpaired) electrons. The van der Waals surface area contributed by atoms with Gasteiger partial charge in [-0.1, -0.05) is 6.42 Å². The highest BCUT2D eigenvalue weighted by molar-refractivity contribution is 7.80. The largest absolute Gasteiger partial charge is 0.465 e. The lowest BCUT2D eigenvalue weighted by molar-refractivity contribution is -0.190. The van der Waals surface area contributed by atoms with Crippen molar-refractivity contribution in [1.29, 1.82) is 0 Å². The zero-order valence-electron chi connectivity index (χ0n) is 13.8. The minimum Gasteiger partial charge on any atom is -0.465 e. The van der Waals surface area contributed by atoms with E-state index in [1.807, 2.05) is 0 Å². The van der Waals surface area contributed by atoms with E-state index >= 15 is 0 Å². The third-order valence-electron chi connectivity index (χ3n) is 4.49. The van der Waals surface area contributed by atoms with Crippen molar-refractivity contribution >= 4 is 29.3 Å². The smallest absolute Gasteiger partial charge is 0.361 e. The van der Waals surface area contributed by atoms with Crippen LogP contribution in [-0.2, 0) is 23.8 Å². The van der Waals surface area contributed by atoms with Crippen molar-refractivity contribution in [3.8, 4) is 0 Å². The Hall–Kier alpha value is -1.45. The number of carbonyl (C=O) groups excluding carboxylic acids is 2. The van der Waals surface area contributed by atoms with Crippen molar-refractivity contribution in [2.75, 3.05) is 14.2 Å². The van der Waals surface area contributed by atoms with Crippen LogP contribution in [-0.4, -0.2) is 53.6 Å². The Balaban J connectivity index is 2.53. The molecule has 0 amide bonds. The fourth-order valence-corrected chi connectivity index (χ4v) is 3.81. The van der Waals surface area contributed by atoms with E-state index in [1.54, 1.807) is 13.8 Å². The highest BCUT2D eigenvalue weighted by Crippen LogP contribution is 2.51. The van der Waals surface area contributed by atoms with E-state index in [-0.39, 0.29) is 11.2 Å². The Bertz CT molecular complexity index is 529. The zero-order valence-corrected chi connectivity index (χ0v) is 14.6. The summed E-state index contributed by atoms with van der Waals surface area (Å²) in [6.07, 6.45) is 1.51. The summed E-state index contributed by atoms with van der Waals surface area (Å²) in [4.78, 5) is 25.3. The van der Waals surface area contributed by atoms with E-state index in [1.165, 1.54) is 19.2 Å². The first-order valence-electron chi connectivity index (χ1n) is 7.48. The van der Waals surface area contributed by atoms with Crippen LogP contribution >= 0.6 is 12.2 Å². The van der Waals surface area contributed by atoms with Gasteiger partial charge < -0.3 is 19.9 Å². The number of ether oxygens (including phenoxy) is 3. The molecule has 0 bridgehead atoms. The molecule has 0 unspecified atom stereocenters. The van der Waals surface area contributed by atoms with Gasteiger partial charge in [-0.2, -0.15) is 0 Å². The number of hydrazine groups is 1. The van der Waals surface area contributed by atoms with Crippen LogP contribution in [0.25, 0.3) is 0 Å². The Morgan fingerprint density at radius 3 is 2.48 bits per heavy atom. The molecule has 0 aromatic heterocycles. The standard InChI is InChI=1S/C14H23N3O5S/c1-8(2)22-10(18)13-7-5-6-9(13)14(21-4,11(19)20-3)17(16-13)12(15)23/h8-9,16H,5-7H2,1-4H3,(H2,15,23)/t9-,13+,14+/m0/s1. The maximum Gasteiger partial charge on any atom is 0.361 e. The van der Waals surface area contributed by atoms with Gasteiger partial charge in [0, 0.05) is 7.11 Å². The molecule has 3 N–H and O–H groups in total. The number of rotatable bonds is 4. The van der Waals surface area contributed by atoms with E-state index in [9.17, 15) is 9.59 Å². The van der Waals surface area contributed by atoms with Crippen LogP contribution in [0.4, 0.5) is 0 Å². The molecule has 1 aliphatic carbocycles. The number of esters is 2. The number of methoxy groups -OCH3 is 2. The lowest BCUT2D eigenvalue weighted by Crippen LogP contribution is -2.62. The topological polar surface area (TPSA) is 103 Å². The lowest BCUT2D eigenvalue weighted by atomic mass is 9.81. The lowest BCUT2D eigenvalue weighted by Gasteiger charge is -2.36. The summed E-state index contributed by atoms with van der Waals surface area (Å²) in [5, 5.41) is 1.11. The van der Waals surface area contributed by atoms with Crippen LogP contribution < -0.4 is 11.2 Å². The fraction of sp³-hybridized carbons (Fsp3) is 0.786. The summed E-state index contributed by atoms with van der Waals surface area (Å²) in [7, 11) is 2.62. The highest BCUT2D eigenvalue weighted by atomic mass is 32.1. The number of hydrogen-bond acceptors (Lipinski definition) is 7. The van der Waals surface area contributed by atoms with E-state index in [2.05, 4.69) is 5.43 Å². The molecule has 1 saturated heterocycles. The minimum atomic E-state index is -1.59. The quantitative estimate of drug-likeness (QED) is 0.540. The Morgan fingerprint density at radius 1 is 1.35 bits per heavy atom. The van der Waals surface area contributed by atoms with E-state index in [0.717, 1.165) is 6.42 Å². The van der Waals surface area contributed by atoms with E-state index in [4.69, 9.17) is 32.2 Å². The summed E-state index contributed by atoms with van der Waals surface area (Å²) in [6.45, 7) is 3.53. The Kier molecular flexibility index (Phi) is 4.84. The summed E-state index contributed by atoms with van der Waals surface area (Å²) in [6, 6.07) is 0. The first-order valence-corrected chi connectivity index (χ1v) is 7.89. The molecule has 8 nitrogen and oxygen atoms in total. The predicted molar refractivity (Wildman–Crippen MR) is 84.8 cm³/mol. The van der Waals surface area contributed by atoms with Gasteiger partial charge in [0.1, 0.15) is 5.54 Å². The molecular weight excluding hydrogens is 322 g/mol. The molecule has 130 valence electrons. The third-order valence-corrected chi connectivity index (χ3v) is 4.67. The van der Waals surface area contributed by atoms with Crippen molar-refractivity contribution in [2.45, 2.75) is 50.5 Å². The Labute approximate surface area is 140 Å². The molecule has 0 aromatic carbocycles. The normalized spacial score (nSPS) is 32.7. The molecule has 23 heavy (non-hydrogen) atoms. The zero-order chi connectivity index (χ0) is 17.4. The highest BCUT2D eigenvalue weighted by Gasteiger charge is 2.72. The van der Waals surface area contributed by atoms with Crippen molar-refractivity contribution in [2.24, 2.45) is 11.7 Å². The van der Waals surface area contributed by atoms with Crippen molar-refractivity contribution in [3.63, 3.8) is 0 Å². The fourth-order valence-electron chi connectivity index (χ4n) is 3.63. The van der Waals surface area contributed by atoms with Crippen molar-refractivity contribution < 1.29 is 23.8 Å². The first kappa shape index (κ1) is 17.9. The van der Waals surface area contributed by atoms with E-state index in [0.29, 0.717) is 12.8 Å². The molecule has 2 rings (SSSR count). The van der Waals surface area contributed by atoms with Gasteiger partial charge in [0.05, 0.1) is 19.1 Å². The Morgan fingerprint density at radius 2 is 2.00 bits per heavy atom. The molecule has 1 heterocycles. The third kappa shape index (κ3) is 2.47. The molecule has 2 aliphatic rings. The van der Waals surface area contributed by atoms with Crippen LogP contribution in [0.1, 0.15) is 33.1 Å². The van der Waals surface area contributed by atoms with Crippen molar-refractivity contribution in [3.05, 3.63) is 0 Å². The molecule has 1 aliphatic heterocycles. The van der Waals surface area contributed by atoms with Gasteiger partial charge in [0.25, 0.3) is 5.72 Å². The minimum absolute atomic E-state index is 0.108. The summed E-state index contributed by atoms with van der Waals surface area (Å²) < 4.78 is 15.8. The van der Waals surface area contributed by atoms with Crippen LogP contribution in [0.15, 0.2) is 0 Å². The number of nitrogens with zero attached hydrogens (tertiary/aromatic N) is 1. The van der Waals surface area contributed by atoms with Gasteiger partial charge in [-0.25, -0.2) is 20.0 Å². The van der Waals surface area contributed by atoms with Gasteiger partial charge in [-0.15, -0.1) is 0 Å². The van der Waals surface area contributed by atoms with E-state index < -0.39 is 29.1 Å². The average Bonchev–Trinajstić information content (AvgIpc) is 3.02. The van der Waals surface area contributed by atoms with Gasteiger partial charge in [-0.05, 0) is 38.9 Å². The molecular formula is C14H23N3O5S.